The van der Waals surface area contributed by atoms with E-state index >= 15 is 0 Å². The monoisotopic (exact) mass is 621 g/mol. The van der Waals surface area contributed by atoms with E-state index in [-0.39, 0.29) is 18.5 Å². The van der Waals surface area contributed by atoms with E-state index in [4.69, 9.17) is 9.84 Å². The number of allylic oxidation sites excluding steroid dienone is 2. The molecule has 0 rings (SSSR count). The van der Waals surface area contributed by atoms with E-state index in [2.05, 4.69) is 26.0 Å². The Hall–Kier alpha value is -1.32. The zero-order chi connectivity index (χ0) is 32.2. The summed E-state index contributed by atoms with van der Waals surface area (Å²) < 4.78 is 5.87. The van der Waals surface area contributed by atoms with Gasteiger partial charge >= 0.3 is 11.9 Å². The number of carbonyl (C=O) groups is 2. The normalized spacial score (nSPS) is 12.2. The molecule has 4 heteroatoms. The molecule has 0 spiro atoms. The summed E-state index contributed by atoms with van der Waals surface area (Å²) in [6.07, 6.45) is 43.8. The van der Waals surface area contributed by atoms with Crippen molar-refractivity contribution in [2.75, 3.05) is 0 Å². The molecule has 0 fully saturated rings. The predicted octanol–water partition coefficient (Wildman–Crippen LogP) is 13.5. The van der Waals surface area contributed by atoms with Crippen LogP contribution < -0.4 is 0 Å². The van der Waals surface area contributed by atoms with Crippen LogP contribution in [0.3, 0.4) is 0 Å². The van der Waals surface area contributed by atoms with Crippen LogP contribution in [0.4, 0.5) is 0 Å². The molecule has 0 aromatic carbocycles. The van der Waals surface area contributed by atoms with E-state index in [1.54, 1.807) is 0 Å². The molecule has 0 amide bonds. The van der Waals surface area contributed by atoms with Gasteiger partial charge in [0, 0.05) is 12.8 Å². The van der Waals surface area contributed by atoms with Gasteiger partial charge < -0.3 is 9.84 Å². The average molecular weight is 621 g/mol. The zero-order valence-corrected chi connectivity index (χ0v) is 29.7. The molecule has 260 valence electrons. The molecule has 0 radical (unpaired) electrons. The second kappa shape index (κ2) is 36.2. The van der Waals surface area contributed by atoms with E-state index in [1.807, 2.05) is 0 Å². The molecule has 44 heavy (non-hydrogen) atoms. The van der Waals surface area contributed by atoms with E-state index in [9.17, 15) is 9.59 Å². The van der Waals surface area contributed by atoms with Gasteiger partial charge in [-0.1, -0.05) is 161 Å². The maximum atomic E-state index is 12.5. The second-order valence-electron chi connectivity index (χ2n) is 13.5. The number of unbranched alkanes of at least 4 members (excludes halogenated alkanes) is 25. The third kappa shape index (κ3) is 35.2. The Bertz CT molecular complexity index is 629. The molecule has 0 saturated heterocycles. The number of rotatable bonds is 36. The van der Waals surface area contributed by atoms with Gasteiger partial charge in [0.2, 0.25) is 0 Å². The lowest BCUT2D eigenvalue weighted by molar-refractivity contribution is -0.150. The summed E-state index contributed by atoms with van der Waals surface area (Å²) in [6, 6.07) is 0. The van der Waals surface area contributed by atoms with Gasteiger partial charge in [-0.2, -0.15) is 0 Å². The second-order valence-corrected chi connectivity index (χ2v) is 13.5. The van der Waals surface area contributed by atoms with Crippen LogP contribution in [-0.4, -0.2) is 23.1 Å². The SMILES string of the molecule is CCCCCCCC/C=C\CCCCCCCCCCCCCC(=O)OC(CCCCCCCCCC)CCCCC(=O)O. The Morgan fingerprint density at radius 3 is 1.25 bits per heavy atom. The number of carboxylic acids is 1. The van der Waals surface area contributed by atoms with Crippen molar-refractivity contribution in [2.45, 2.75) is 232 Å². The van der Waals surface area contributed by atoms with Gasteiger partial charge in [0.05, 0.1) is 0 Å². The number of hydrogen-bond acceptors (Lipinski definition) is 3. The molecule has 0 aliphatic rings. The van der Waals surface area contributed by atoms with Gasteiger partial charge in [0.1, 0.15) is 6.10 Å². The number of aliphatic carboxylic acids is 1. The Labute approximate surface area is 275 Å². The fourth-order valence-corrected chi connectivity index (χ4v) is 6.06. The third-order valence-corrected chi connectivity index (χ3v) is 8.99. The minimum atomic E-state index is -0.741. The molecule has 0 heterocycles. The van der Waals surface area contributed by atoms with Crippen LogP contribution in [0.15, 0.2) is 12.2 Å². The fourth-order valence-electron chi connectivity index (χ4n) is 6.06. The largest absolute Gasteiger partial charge is 0.481 e. The van der Waals surface area contributed by atoms with Crippen molar-refractivity contribution in [3.8, 4) is 0 Å². The summed E-state index contributed by atoms with van der Waals surface area (Å²) in [5, 5.41) is 8.91. The molecule has 1 atom stereocenters. The van der Waals surface area contributed by atoms with Gasteiger partial charge in [0.15, 0.2) is 0 Å². The Morgan fingerprint density at radius 1 is 0.477 bits per heavy atom. The van der Waals surface area contributed by atoms with Crippen molar-refractivity contribution in [3.05, 3.63) is 12.2 Å². The highest BCUT2D eigenvalue weighted by Crippen LogP contribution is 2.18. The molecule has 0 aromatic heterocycles. The standard InChI is InChI=1S/C40H76O4/c1-3-5-7-9-11-13-14-15-16-17-18-19-20-21-22-23-24-25-27-29-31-37-40(43)44-38(35-32-33-36-39(41)42)34-30-28-26-12-10-8-6-4-2/h15-16,38H,3-14,17-37H2,1-2H3,(H,41,42)/b16-15-. The van der Waals surface area contributed by atoms with E-state index < -0.39 is 5.97 Å². The summed E-state index contributed by atoms with van der Waals surface area (Å²) >= 11 is 0. The summed E-state index contributed by atoms with van der Waals surface area (Å²) in [4.78, 5) is 23.3. The first kappa shape index (κ1) is 42.7. The van der Waals surface area contributed by atoms with Crippen LogP contribution in [0.1, 0.15) is 226 Å². The molecular formula is C40H76O4. The van der Waals surface area contributed by atoms with Crippen molar-refractivity contribution in [1.82, 2.24) is 0 Å². The summed E-state index contributed by atoms with van der Waals surface area (Å²) in [6.45, 7) is 4.53. The van der Waals surface area contributed by atoms with Crippen molar-refractivity contribution < 1.29 is 19.4 Å². The summed E-state index contributed by atoms with van der Waals surface area (Å²) in [5.74, 6) is -0.796. The van der Waals surface area contributed by atoms with Crippen molar-refractivity contribution in [1.29, 1.82) is 0 Å². The molecule has 4 nitrogen and oxygen atoms in total. The van der Waals surface area contributed by atoms with Crippen LogP contribution in [0.25, 0.3) is 0 Å². The van der Waals surface area contributed by atoms with Crippen molar-refractivity contribution in [3.63, 3.8) is 0 Å². The first-order chi connectivity index (χ1) is 21.6. The van der Waals surface area contributed by atoms with Crippen LogP contribution in [0.5, 0.6) is 0 Å². The van der Waals surface area contributed by atoms with Gasteiger partial charge in [-0.3, -0.25) is 9.59 Å². The Balaban J connectivity index is 3.70. The molecule has 1 unspecified atom stereocenters. The number of esters is 1. The lowest BCUT2D eigenvalue weighted by Gasteiger charge is -2.18. The number of carbonyl (C=O) groups excluding carboxylic acids is 1. The van der Waals surface area contributed by atoms with E-state index in [0.717, 1.165) is 38.5 Å². The minimum Gasteiger partial charge on any atom is -0.481 e. The predicted molar refractivity (Wildman–Crippen MR) is 190 cm³/mol. The topological polar surface area (TPSA) is 63.6 Å². The lowest BCUT2D eigenvalue weighted by atomic mass is 10.0. The quantitative estimate of drug-likeness (QED) is 0.0430. The fraction of sp³-hybridized carbons (Fsp3) is 0.900. The molecule has 0 bridgehead atoms. The first-order valence-electron chi connectivity index (χ1n) is 19.7. The van der Waals surface area contributed by atoms with Crippen molar-refractivity contribution in [2.24, 2.45) is 0 Å². The van der Waals surface area contributed by atoms with Crippen LogP contribution in [0.2, 0.25) is 0 Å². The highest BCUT2D eigenvalue weighted by Gasteiger charge is 2.14. The molecule has 0 saturated carbocycles. The summed E-state index contributed by atoms with van der Waals surface area (Å²) in [5.41, 5.74) is 0. The molecule has 0 aliphatic heterocycles. The van der Waals surface area contributed by atoms with Crippen LogP contribution in [-0.2, 0) is 14.3 Å². The Kier molecular flexibility index (Phi) is 35.1. The van der Waals surface area contributed by atoms with Gasteiger partial charge in [-0.25, -0.2) is 0 Å². The van der Waals surface area contributed by atoms with E-state index in [0.29, 0.717) is 12.8 Å². The van der Waals surface area contributed by atoms with E-state index in [1.165, 1.54) is 154 Å². The average Bonchev–Trinajstić information content (AvgIpc) is 3.01. The number of hydrogen-bond donors (Lipinski definition) is 1. The Morgan fingerprint density at radius 2 is 0.818 bits per heavy atom. The van der Waals surface area contributed by atoms with Crippen LogP contribution in [0, 0.1) is 0 Å². The molecular weight excluding hydrogens is 544 g/mol. The van der Waals surface area contributed by atoms with Gasteiger partial charge in [0.25, 0.3) is 0 Å². The molecule has 0 aliphatic carbocycles. The van der Waals surface area contributed by atoms with Crippen molar-refractivity contribution >= 4 is 11.9 Å². The third-order valence-electron chi connectivity index (χ3n) is 8.99. The number of carboxylic acid groups (broad SMARTS) is 1. The summed E-state index contributed by atoms with van der Waals surface area (Å²) in [7, 11) is 0. The van der Waals surface area contributed by atoms with Gasteiger partial charge in [-0.05, 0) is 64.2 Å². The highest BCUT2D eigenvalue weighted by atomic mass is 16.5. The minimum absolute atomic E-state index is 0.0391. The maximum absolute atomic E-state index is 12.5. The highest BCUT2D eigenvalue weighted by molar-refractivity contribution is 5.69. The molecule has 0 aromatic rings. The molecule has 1 N–H and O–H groups in total. The smallest absolute Gasteiger partial charge is 0.306 e. The lowest BCUT2D eigenvalue weighted by Crippen LogP contribution is -2.18. The van der Waals surface area contributed by atoms with Crippen LogP contribution >= 0.6 is 0 Å². The maximum Gasteiger partial charge on any atom is 0.306 e. The first-order valence-corrected chi connectivity index (χ1v) is 19.7. The van der Waals surface area contributed by atoms with Gasteiger partial charge in [-0.15, -0.1) is 0 Å². The number of ether oxygens (including phenoxy) is 1. The zero-order valence-electron chi connectivity index (χ0n) is 29.7.